The van der Waals surface area contributed by atoms with E-state index < -0.39 is 9.84 Å². The summed E-state index contributed by atoms with van der Waals surface area (Å²) in [6.07, 6.45) is 1.43. The van der Waals surface area contributed by atoms with Crippen molar-refractivity contribution >= 4 is 9.84 Å². The van der Waals surface area contributed by atoms with Crippen LogP contribution in [0.4, 0.5) is 0 Å². The van der Waals surface area contributed by atoms with Gasteiger partial charge in [-0.15, -0.1) is 0 Å². The monoisotopic (exact) mass is 288 g/mol. The first-order chi connectivity index (χ1) is 9.55. The van der Waals surface area contributed by atoms with E-state index in [4.69, 9.17) is 10.00 Å². The van der Waals surface area contributed by atoms with Crippen LogP contribution in [0.5, 0.6) is 5.75 Å². The summed E-state index contributed by atoms with van der Waals surface area (Å²) < 4.78 is 29.6. The van der Waals surface area contributed by atoms with Crippen LogP contribution >= 0.6 is 0 Å². The lowest BCUT2D eigenvalue weighted by molar-refractivity contribution is 0.413. The van der Waals surface area contributed by atoms with E-state index in [9.17, 15) is 8.42 Å². The van der Waals surface area contributed by atoms with Gasteiger partial charge in [0, 0.05) is 6.20 Å². The Kier molecular flexibility index (Phi) is 4.01. The van der Waals surface area contributed by atoms with Crippen LogP contribution in [0.3, 0.4) is 0 Å². The first kappa shape index (κ1) is 14.0. The fourth-order valence-corrected chi connectivity index (χ4v) is 3.09. The Morgan fingerprint density at radius 3 is 2.80 bits per heavy atom. The number of benzene rings is 1. The van der Waals surface area contributed by atoms with Crippen LogP contribution in [0, 0.1) is 11.3 Å². The number of nitriles is 1. The van der Waals surface area contributed by atoms with Gasteiger partial charge in [-0.05, 0) is 35.9 Å². The highest BCUT2D eigenvalue weighted by Crippen LogP contribution is 2.21. The average molecular weight is 288 g/mol. The number of methoxy groups -OCH3 is 1. The minimum Gasteiger partial charge on any atom is -0.497 e. The third kappa shape index (κ3) is 3.13. The Bertz CT molecular complexity index is 764. The standard InChI is InChI=1S/C14H12N2O3S/c1-19-13-3-2-4-14(8-13)20(17,18)10-11-5-6-16-12(7-11)9-15/h2-8H,10H2,1H3. The molecule has 0 aliphatic carbocycles. The molecule has 0 bridgehead atoms. The maximum atomic E-state index is 12.3. The van der Waals surface area contributed by atoms with E-state index in [0.29, 0.717) is 11.3 Å². The van der Waals surface area contributed by atoms with Gasteiger partial charge in [-0.3, -0.25) is 0 Å². The summed E-state index contributed by atoms with van der Waals surface area (Å²) in [6, 6.07) is 11.2. The molecule has 20 heavy (non-hydrogen) atoms. The normalized spacial score (nSPS) is 10.8. The molecule has 0 atom stereocenters. The lowest BCUT2D eigenvalue weighted by atomic mass is 10.2. The number of ether oxygens (including phenoxy) is 1. The number of rotatable bonds is 4. The third-order valence-electron chi connectivity index (χ3n) is 2.70. The molecule has 6 heteroatoms. The smallest absolute Gasteiger partial charge is 0.182 e. The zero-order valence-corrected chi connectivity index (χ0v) is 11.6. The molecule has 0 aliphatic heterocycles. The van der Waals surface area contributed by atoms with Gasteiger partial charge in [0.2, 0.25) is 0 Å². The molecule has 0 unspecified atom stereocenters. The molecule has 1 aromatic carbocycles. The fourth-order valence-electron chi connectivity index (χ4n) is 1.72. The Hall–Kier alpha value is -2.39. The zero-order valence-electron chi connectivity index (χ0n) is 10.8. The molecule has 1 heterocycles. The minimum atomic E-state index is -3.49. The van der Waals surface area contributed by atoms with Gasteiger partial charge in [0.25, 0.3) is 0 Å². The van der Waals surface area contributed by atoms with Crippen LogP contribution in [-0.4, -0.2) is 20.5 Å². The molecule has 0 amide bonds. The van der Waals surface area contributed by atoms with Crippen molar-refractivity contribution in [3.8, 4) is 11.8 Å². The van der Waals surface area contributed by atoms with Crippen molar-refractivity contribution in [3.63, 3.8) is 0 Å². The zero-order chi connectivity index (χ0) is 14.6. The predicted molar refractivity (Wildman–Crippen MR) is 72.8 cm³/mol. The molecule has 0 spiro atoms. The van der Waals surface area contributed by atoms with E-state index in [1.54, 1.807) is 18.2 Å². The average Bonchev–Trinajstić information content (AvgIpc) is 2.47. The lowest BCUT2D eigenvalue weighted by Crippen LogP contribution is -2.05. The van der Waals surface area contributed by atoms with Crippen LogP contribution in [0.25, 0.3) is 0 Å². The van der Waals surface area contributed by atoms with E-state index >= 15 is 0 Å². The molecule has 5 nitrogen and oxygen atoms in total. The molecule has 0 fully saturated rings. The van der Waals surface area contributed by atoms with Crippen molar-refractivity contribution in [2.75, 3.05) is 7.11 Å². The highest BCUT2D eigenvalue weighted by atomic mass is 32.2. The number of hydrogen-bond donors (Lipinski definition) is 0. The maximum absolute atomic E-state index is 12.3. The van der Waals surface area contributed by atoms with Crippen LogP contribution in [0.2, 0.25) is 0 Å². The number of hydrogen-bond acceptors (Lipinski definition) is 5. The SMILES string of the molecule is COc1cccc(S(=O)(=O)Cc2ccnc(C#N)c2)c1. The van der Waals surface area contributed by atoms with E-state index in [1.807, 2.05) is 6.07 Å². The highest BCUT2D eigenvalue weighted by molar-refractivity contribution is 7.90. The molecule has 102 valence electrons. The number of nitrogens with zero attached hydrogens (tertiary/aromatic N) is 2. The van der Waals surface area contributed by atoms with Crippen molar-refractivity contribution in [1.82, 2.24) is 4.98 Å². The highest BCUT2D eigenvalue weighted by Gasteiger charge is 2.16. The summed E-state index contributed by atoms with van der Waals surface area (Å²) in [5.41, 5.74) is 0.725. The molecule has 0 radical (unpaired) electrons. The summed E-state index contributed by atoms with van der Waals surface area (Å²) in [4.78, 5) is 4.00. The summed E-state index contributed by atoms with van der Waals surface area (Å²) in [7, 11) is -2.01. The van der Waals surface area contributed by atoms with Crippen molar-refractivity contribution in [2.45, 2.75) is 10.6 Å². The lowest BCUT2D eigenvalue weighted by Gasteiger charge is -2.06. The van der Waals surface area contributed by atoms with Gasteiger partial charge in [-0.1, -0.05) is 6.07 Å². The van der Waals surface area contributed by atoms with Gasteiger partial charge in [-0.25, -0.2) is 13.4 Å². The molecule has 0 saturated carbocycles. The maximum Gasteiger partial charge on any atom is 0.182 e. The van der Waals surface area contributed by atoms with E-state index in [2.05, 4.69) is 4.98 Å². The number of aromatic nitrogens is 1. The van der Waals surface area contributed by atoms with E-state index in [-0.39, 0.29) is 16.3 Å². The molecule has 2 rings (SSSR count). The van der Waals surface area contributed by atoms with Gasteiger partial charge < -0.3 is 4.74 Å². The number of pyridine rings is 1. The van der Waals surface area contributed by atoms with Crippen molar-refractivity contribution in [2.24, 2.45) is 0 Å². The summed E-state index contributed by atoms with van der Waals surface area (Å²) >= 11 is 0. The van der Waals surface area contributed by atoms with Crippen LogP contribution in [0.15, 0.2) is 47.5 Å². The van der Waals surface area contributed by atoms with Crippen molar-refractivity contribution in [3.05, 3.63) is 53.9 Å². The second kappa shape index (κ2) is 5.72. The largest absolute Gasteiger partial charge is 0.497 e. The quantitative estimate of drug-likeness (QED) is 0.858. The Morgan fingerprint density at radius 1 is 1.30 bits per heavy atom. The second-order valence-electron chi connectivity index (χ2n) is 4.10. The Labute approximate surface area is 117 Å². The van der Waals surface area contributed by atoms with Gasteiger partial charge in [0.05, 0.1) is 17.8 Å². The van der Waals surface area contributed by atoms with E-state index in [1.165, 1.54) is 31.5 Å². The second-order valence-corrected chi connectivity index (χ2v) is 6.09. The first-order valence-corrected chi connectivity index (χ1v) is 7.42. The molecular weight excluding hydrogens is 276 g/mol. The summed E-state index contributed by atoms with van der Waals surface area (Å²) in [6.45, 7) is 0. The Morgan fingerprint density at radius 2 is 2.10 bits per heavy atom. The van der Waals surface area contributed by atoms with Crippen LogP contribution in [0.1, 0.15) is 11.3 Å². The van der Waals surface area contributed by atoms with Crippen LogP contribution in [-0.2, 0) is 15.6 Å². The number of sulfone groups is 1. The summed E-state index contributed by atoms with van der Waals surface area (Å²) in [5, 5.41) is 8.77. The van der Waals surface area contributed by atoms with Crippen molar-refractivity contribution in [1.29, 1.82) is 5.26 Å². The van der Waals surface area contributed by atoms with Gasteiger partial charge in [0.1, 0.15) is 17.5 Å². The fraction of sp³-hybridized carbons (Fsp3) is 0.143. The predicted octanol–water partition coefficient (Wildman–Crippen LogP) is 1.94. The van der Waals surface area contributed by atoms with E-state index in [0.717, 1.165) is 0 Å². The topological polar surface area (TPSA) is 80.1 Å². The molecule has 2 aromatic rings. The Balaban J connectivity index is 2.33. The molecule has 1 aromatic heterocycles. The van der Waals surface area contributed by atoms with Gasteiger partial charge in [-0.2, -0.15) is 5.26 Å². The van der Waals surface area contributed by atoms with Crippen molar-refractivity contribution < 1.29 is 13.2 Å². The summed E-state index contributed by atoms with van der Waals surface area (Å²) in [5.74, 6) is 0.302. The first-order valence-electron chi connectivity index (χ1n) is 5.77. The third-order valence-corrected chi connectivity index (χ3v) is 4.38. The molecular formula is C14H12N2O3S. The molecule has 0 aliphatic rings. The molecule has 0 N–H and O–H groups in total. The molecule has 0 saturated heterocycles. The van der Waals surface area contributed by atoms with Gasteiger partial charge >= 0.3 is 0 Å². The van der Waals surface area contributed by atoms with Crippen LogP contribution < -0.4 is 4.74 Å². The minimum absolute atomic E-state index is 0.183. The van der Waals surface area contributed by atoms with Gasteiger partial charge in [0.15, 0.2) is 9.84 Å².